The first-order valence-electron chi connectivity index (χ1n) is 5.51. The van der Waals surface area contributed by atoms with Gasteiger partial charge in [-0.2, -0.15) is 0 Å². The molecule has 0 spiro atoms. The molecule has 0 saturated carbocycles. The number of carbonyl (C=O) groups is 2. The van der Waals surface area contributed by atoms with Gasteiger partial charge in [0.2, 0.25) is 5.91 Å². The third kappa shape index (κ3) is 2.73. The second kappa shape index (κ2) is 5.26. The molecule has 2 amide bonds. The van der Waals surface area contributed by atoms with Crippen LogP contribution in [0.2, 0.25) is 0 Å². The molecule has 1 saturated heterocycles. The molecule has 6 nitrogen and oxygen atoms in total. The molecule has 18 heavy (non-hydrogen) atoms. The largest absolute Gasteiger partial charge is 0.398 e. The predicted molar refractivity (Wildman–Crippen MR) is 69.3 cm³/mol. The van der Waals surface area contributed by atoms with Crippen molar-refractivity contribution in [2.75, 3.05) is 18.0 Å². The van der Waals surface area contributed by atoms with Crippen molar-refractivity contribution in [3.05, 3.63) is 28.7 Å². The average molecular weight is 267 g/mol. The van der Waals surface area contributed by atoms with E-state index in [4.69, 9.17) is 5.73 Å². The van der Waals surface area contributed by atoms with Gasteiger partial charge in [0.15, 0.2) is 0 Å². The van der Waals surface area contributed by atoms with E-state index in [1.807, 2.05) is 0 Å². The molecule has 2 heterocycles. The fourth-order valence-electron chi connectivity index (χ4n) is 1.69. The molecule has 1 aliphatic heterocycles. The Bertz CT molecular complexity index is 525. The zero-order chi connectivity index (χ0) is 13.1. The Morgan fingerprint density at radius 2 is 2.00 bits per heavy atom. The number of amides is 2. The number of nitrogens with zero attached hydrogens (tertiary/aromatic N) is 2. The molecular weight excluding hydrogens is 254 g/mol. The van der Waals surface area contributed by atoms with Crippen LogP contribution in [0, 0.1) is 0 Å². The Hall–Kier alpha value is -1.76. The summed E-state index contributed by atoms with van der Waals surface area (Å²) in [5.41, 5.74) is 5.85. The summed E-state index contributed by atoms with van der Waals surface area (Å²) in [6, 6.07) is 2.88. The SMILES string of the molecule is Nc1ccc(=O)n(CCN2C(=O)CCSC2=O)c1. The molecule has 1 aromatic rings. The van der Waals surface area contributed by atoms with Gasteiger partial charge in [-0.25, -0.2) is 0 Å². The molecule has 7 heteroatoms. The van der Waals surface area contributed by atoms with Crippen LogP contribution in [0.25, 0.3) is 0 Å². The highest BCUT2D eigenvalue weighted by atomic mass is 32.2. The summed E-state index contributed by atoms with van der Waals surface area (Å²) < 4.78 is 1.40. The van der Waals surface area contributed by atoms with Gasteiger partial charge in [-0.05, 0) is 6.07 Å². The fourth-order valence-corrected chi connectivity index (χ4v) is 2.49. The summed E-state index contributed by atoms with van der Waals surface area (Å²) in [6.45, 7) is 0.468. The van der Waals surface area contributed by atoms with Crippen molar-refractivity contribution in [1.82, 2.24) is 9.47 Å². The monoisotopic (exact) mass is 267 g/mol. The quantitative estimate of drug-likeness (QED) is 0.862. The lowest BCUT2D eigenvalue weighted by atomic mass is 10.3. The minimum Gasteiger partial charge on any atom is -0.398 e. The Labute approximate surface area is 108 Å². The van der Waals surface area contributed by atoms with Crippen LogP contribution >= 0.6 is 11.8 Å². The standard InChI is InChI=1S/C11H13N3O3S/c12-8-1-2-9(15)13(7-8)4-5-14-10(16)3-6-18-11(14)17/h1-2,7H,3-6,12H2. The van der Waals surface area contributed by atoms with Gasteiger partial charge >= 0.3 is 0 Å². The summed E-state index contributed by atoms with van der Waals surface area (Å²) in [5.74, 6) is 0.350. The van der Waals surface area contributed by atoms with Crippen molar-refractivity contribution in [2.24, 2.45) is 0 Å². The van der Waals surface area contributed by atoms with E-state index in [1.165, 1.54) is 27.8 Å². The molecule has 2 N–H and O–H groups in total. The number of thioether (sulfide) groups is 1. The van der Waals surface area contributed by atoms with Gasteiger partial charge in [0, 0.05) is 43.2 Å². The summed E-state index contributed by atoms with van der Waals surface area (Å²) in [5, 5.41) is -0.247. The van der Waals surface area contributed by atoms with Gasteiger partial charge in [0.25, 0.3) is 10.8 Å². The van der Waals surface area contributed by atoms with Gasteiger partial charge in [-0.1, -0.05) is 11.8 Å². The maximum Gasteiger partial charge on any atom is 0.288 e. The highest BCUT2D eigenvalue weighted by molar-refractivity contribution is 8.13. The van der Waals surface area contributed by atoms with Crippen LogP contribution in [0.5, 0.6) is 0 Å². The highest BCUT2D eigenvalue weighted by Gasteiger charge is 2.26. The molecule has 0 atom stereocenters. The van der Waals surface area contributed by atoms with Crippen LogP contribution in [0.4, 0.5) is 10.5 Å². The number of nitrogens with two attached hydrogens (primary N) is 1. The second-order valence-corrected chi connectivity index (χ2v) is 4.95. The van der Waals surface area contributed by atoms with Crippen molar-refractivity contribution >= 4 is 28.6 Å². The maximum atomic E-state index is 11.6. The van der Waals surface area contributed by atoms with Crippen molar-refractivity contribution in [3.8, 4) is 0 Å². The molecule has 2 rings (SSSR count). The first-order chi connectivity index (χ1) is 8.58. The molecule has 0 aliphatic carbocycles. The number of aromatic nitrogens is 1. The lowest BCUT2D eigenvalue weighted by Gasteiger charge is -2.24. The average Bonchev–Trinajstić information content (AvgIpc) is 2.33. The molecule has 0 bridgehead atoms. The van der Waals surface area contributed by atoms with Crippen molar-refractivity contribution in [3.63, 3.8) is 0 Å². The van der Waals surface area contributed by atoms with Crippen LogP contribution in [0.1, 0.15) is 6.42 Å². The van der Waals surface area contributed by atoms with Gasteiger partial charge in [-0.15, -0.1) is 0 Å². The molecular formula is C11H13N3O3S. The van der Waals surface area contributed by atoms with Gasteiger partial charge in [0.05, 0.1) is 0 Å². The first-order valence-corrected chi connectivity index (χ1v) is 6.49. The number of carbonyl (C=O) groups excluding carboxylic acids is 2. The number of imide groups is 1. The number of anilines is 1. The number of pyridine rings is 1. The Balaban J connectivity index is 2.06. The van der Waals surface area contributed by atoms with Crippen LogP contribution in [0.3, 0.4) is 0 Å². The van der Waals surface area contributed by atoms with E-state index in [-0.39, 0.29) is 29.8 Å². The topological polar surface area (TPSA) is 85.4 Å². The molecule has 1 fully saturated rings. The molecule has 1 aromatic heterocycles. The first kappa shape index (κ1) is 12.7. The summed E-state index contributed by atoms with van der Waals surface area (Å²) in [4.78, 5) is 35.8. The Morgan fingerprint density at radius 1 is 1.22 bits per heavy atom. The normalized spacial score (nSPS) is 16.1. The van der Waals surface area contributed by atoms with E-state index >= 15 is 0 Å². The van der Waals surface area contributed by atoms with E-state index in [2.05, 4.69) is 0 Å². The minimum atomic E-state index is -0.247. The summed E-state index contributed by atoms with van der Waals surface area (Å²) in [7, 11) is 0. The lowest BCUT2D eigenvalue weighted by Crippen LogP contribution is -2.41. The zero-order valence-corrected chi connectivity index (χ0v) is 10.5. The summed E-state index contributed by atoms with van der Waals surface area (Å²) in [6.07, 6.45) is 1.87. The Morgan fingerprint density at radius 3 is 2.72 bits per heavy atom. The van der Waals surface area contributed by atoms with Crippen molar-refractivity contribution in [1.29, 1.82) is 0 Å². The van der Waals surface area contributed by atoms with E-state index in [9.17, 15) is 14.4 Å². The van der Waals surface area contributed by atoms with Crippen LogP contribution in [0.15, 0.2) is 23.1 Å². The Kier molecular flexibility index (Phi) is 3.71. The van der Waals surface area contributed by atoms with E-state index in [1.54, 1.807) is 0 Å². The van der Waals surface area contributed by atoms with Crippen LogP contribution < -0.4 is 11.3 Å². The minimum absolute atomic E-state index is 0.185. The molecule has 0 radical (unpaired) electrons. The predicted octanol–water partition coefficient (Wildman–Crippen LogP) is 0.516. The second-order valence-electron chi connectivity index (χ2n) is 3.90. The molecule has 1 aliphatic rings. The molecule has 0 unspecified atom stereocenters. The number of nitrogen functional groups attached to an aromatic ring is 1. The van der Waals surface area contributed by atoms with Crippen molar-refractivity contribution in [2.45, 2.75) is 13.0 Å². The third-order valence-electron chi connectivity index (χ3n) is 2.63. The highest BCUT2D eigenvalue weighted by Crippen LogP contribution is 2.17. The summed E-state index contributed by atoms with van der Waals surface area (Å²) >= 11 is 1.13. The van der Waals surface area contributed by atoms with Gasteiger partial charge in [0.1, 0.15) is 0 Å². The zero-order valence-electron chi connectivity index (χ0n) is 9.67. The number of hydrogen-bond acceptors (Lipinski definition) is 5. The van der Waals surface area contributed by atoms with E-state index in [0.717, 1.165) is 11.8 Å². The third-order valence-corrected chi connectivity index (χ3v) is 3.51. The number of rotatable bonds is 3. The van der Waals surface area contributed by atoms with Gasteiger partial charge < -0.3 is 10.3 Å². The van der Waals surface area contributed by atoms with E-state index in [0.29, 0.717) is 17.9 Å². The van der Waals surface area contributed by atoms with Crippen LogP contribution in [-0.4, -0.2) is 32.9 Å². The molecule has 0 aromatic carbocycles. The fraction of sp³-hybridized carbons (Fsp3) is 0.364. The molecule has 96 valence electrons. The smallest absolute Gasteiger partial charge is 0.288 e. The number of hydrogen-bond donors (Lipinski definition) is 1. The lowest BCUT2D eigenvalue weighted by molar-refractivity contribution is -0.127. The maximum absolute atomic E-state index is 11.6. The van der Waals surface area contributed by atoms with E-state index < -0.39 is 0 Å². The van der Waals surface area contributed by atoms with Crippen LogP contribution in [-0.2, 0) is 11.3 Å². The van der Waals surface area contributed by atoms with Crippen molar-refractivity contribution < 1.29 is 9.59 Å². The van der Waals surface area contributed by atoms with Gasteiger partial charge in [-0.3, -0.25) is 19.3 Å².